The van der Waals surface area contributed by atoms with Gasteiger partial charge in [-0.1, -0.05) is 66.7 Å². The van der Waals surface area contributed by atoms with Crippen LogP contribution in [0.25, 0.3) is 38.6 Å². The number of hydrogen-bond donors (Lipinski definition) is 0. The number of nitrogens with zero attached hydrogens (tertiary/aromatic N) is 1. The fourth-order valence-corrected chi connectivity index (χ4v) is 4.02. The largest absolute Gasteiger partial charge is 0.309 e. The number of hydrogen-bond acceptors (Lipinski definition) is 0. The van der Waals surface area contributed by atoms with Crippen molar-refractivity contribution in [1.82, 2.24) is 4.57 Å². The van der Waals surface area contributed by atoms with E-state index in [-0.39, 0.29) is 0 Å². The molecule has 0 spiro atoms. The number of rotatable bonds is 2. The molecule has 0 aliphatic carbocycles. The zero-order valence-corrected chi connectivity index (χ0v) is 15.6. The fourth-order valence-electron chi connectivity index (χ4n) is 4.02. The third-order valence-corrected chi connectivity index (χ3v) is 5.50. The van der Waals surface area contributed by atoms with Gasteiger partial charge in [-0.05, 0) is 54.8 Å². The highest BCUT2D eigenvalue weighted by molar-refractivity contribution is 6.14. The molecule has 0 unspecified atom stereocenters. The van der Waals surface area contributed by atoms with Crippen LogP contribution in [-0.2, 0) is 0 Å². The van der Waals surface area contributed by atoms with Crippen LogP contribution in [0.1, 0.15) is 11.1 Å². The van der Waals surface area contributed by atoms with Gasteiger partial charge in [0.05, 0.1) is 11.0 Å². The van der Waals surface area contributed by atoms with E-state index in [1.54, 1.807) is 0 Å². The molecule has 0 aliphatic heterocycles. The lowest BCUT2D eigenvalue weighted by Gasteiger charge is -2.12. The summed E-state index contributed by atoms with van der Waals surface area (Å²) in [4.78, 5) is 0. The quantitative estimate of drug-likeness (QED) is 0.322. The van der Waals surface area contributed by atoms with Gasteiger partial charge in [0, 0.05) is 22.0 Å². The monoisotopic (exact) mass is 347 g/mol. The van der Waals surface area contributed by atoms with Crippen LogP contribution in [0.3, 0.4) is 0 Å². The molecule has 1 heteroatoms. The van der Waals surface area contributed by atoms with Crippen molar-refractivity contribution < 1.29 is 0 Å². The molecule has 5 rings (SSSR count). The first-order valence-electron chi connectivity index (χ1n) is 9.39. The van der Waals surface area contributed by atoms with Crippen molar-refractivity contribution in [1.29, 1.82) is 0 Å². The van der Waals surface area contributed by atoms with E-state index in [2.05, 4.69) is 109 Å². The lowest BCUT2D eigenvalue weighted by molar-refractivity contribution is 1.17. The number of benzene rings is 4. The van der Waals surface area contributed by atoms with E-state index in [4.69, 9.17) is 0 Å². The standard InChI is InChI=1S/C26H21N/c1-18-16-24-23-15-9-14-22(20-10-5-3-6-11-20)26(23)27(25(24)17-19(18)2)21-12-7-4-8-13-21/h3-17H,1-2H3. The molecule has 0 aliphatic rings. The normalized spacial score (nSPS) is 11.3. The van der Waals surface area contributed by atoms with Crippen molar-refractivity contribution in [3.8, 4) is 16.8 Å². The van der Waals surface area contributed by atoms with E-state index in [9.17, 15) is 0 Å². The highest BCUT2D eigenvalue weighted by atomic mass is 15.0. The molecule has 0 saturated heterocycles. The summed E-state index contributed by atoms with van der Waals surface area (Å²) in [5.74, 6) is 0. The van der Waals surface area contributed by atoms with E-state index in [0.717, 1.165) is 0 Å². The number of aromatic nitrogens is 1. The average molecular weight is 347 g/mol. The van der Waals surface area contributed by atoms with E-state index in [1.165, 1.54) is 49.7 Å². The smallest absolute Gasteiger partial charge is 0.0619 e. The first kappa shape index (κ1) is 15.9. The molecule has 4 aromatic carbocycles. The Hall–Kier alpha value is -3.32. The molecular weight excluding hydrogens is 326 g/mol. The molecule has 0 amide bonds. The molecule has 27 heavy (non-hydrogen) atoms. The molecule has 1 nitrogen and oxygen atoms in total. The van der Waals surface area contributed by atoms with E-state index in [0.29, 0.717) is 0 Å². The Morgan fingerprint density at radius 3 is 2.00 bits per heavy atom. The SMILES string of the molecule is Cc1cc2c3cccc(-c4ccccc4)c3n(-c3ccccc3)c2cc1C. The Labute approximate surface area is 159 Å². The van der Waals surface area contributed by atoms with Crippen molar-refractivity contribution in [3.05, 3.63) is 102 Å². The Kier molecular flexibility index (Phi) is 3.61. The van der Waals surface area contributed by atoms with Gasteiger partial charge in [0.2, 0.25) is 0 Å². The highest BCUT2D eigenvalue weighted by Gasteiger charge is 2.16. The summed E-state index contributed by atoms with van der Waals surface area (Å²) in [6.07, 6.45) is 0. The lowest BCUT2D eigenvalue weighted by Crippen LogP contribution is -1.95. The summed E-state index contributed by atoms with van der Waals surface area (Å²) in [5, 5.41) is 2.62. The average Bonchev–Trinajstić information content (AvgIpc) is 3.03. The predicted molar refractivity (Wildman–Crippen MR) is 116 cm³/mol. The second-order valence-corrected chi connectivity index (χ2v) is 7.19. The zero-order valence-electron chi connectivity index (χ0n) is 15.6. The van der Waals surface area contributed by atoms with E-state index in [1.807, 2.05) is 0 Å². The Morgan fingerprint density at radius 1 is 0.593 bits per heavy atom. The van der Waals surface area contributed by atoms with Crippen molar-refractivity contribution in [2.24, 2.45) is 0 Å². The number of para-hydroxylation sites is 2. The lowest BCUT2D eigenvalue weighted by atomic mass is 10.0. The van der Waals surface area contributed by atoms with Gasteiger partial charge in [0.1, 0.15) is 0 Å². The molecular formula is C26H21N. The van der Waals surface area contributed by atoms with Crippen molar-refractivity contribution in [2.75, 3.05) is 0 Å². The molecule has 0 N–H and O–H groups in total. The van der Waals surface area contributed by atoms with E-state index >= 15 is 0 Å². The highest BCUT2D eigenvalue weighted by Crippen LogP contribution is 2.38. The van der Waals surface area contributed by atoms with Crippen LogP contribution in [0, 0.1) is 13.8 Å². The summed E-state index contributed by atoms with van der Waals surface area (Å²) < 4.78 is 2.42. The Morgan fingerprint density at radius 2 is 1.26 bits per heavy atom. The molecule has 0 saturated carbocycles. The molecule has 1 heterocycles. The van der Waals surface area contributed by atoms with Crippen LogP contribution < -0.4 is 0 Å². The minimum atomic E-state index is 1.20. The molecule has 0 fully saturated rings. The first-order chi connectivity index (χ1) is 13.2. The second-order valence-electron chi connectivity index (χ2n) is 7.19. The van der Waals surface area contributed by atoms with Gasteiger partial charge < -0.3 is 4.57 Å². The van der Waals surface area contributed by atoms with Gasteiger partial charge in [0.25, 0.3) is 0 Å². The summed E-state index contributed by atoms with van der Waals surface area (Å²) >= 11 is 0. The van der Waals surface area contributed by atoms with Crippen LogP contribution >= 0.6 is 0 Å². The molecule has 0 radical (unpaired) electrons. The topological polar surface area (TPSA) is 4.93 Å². The van der Waals surface area contributed by atoms with Crippen LogP contribution in [0.15, 0.2) is 91.0 Å². The first-order valence-corrected chi connectivity index (χ1v) is 9.39. The summed E-state index contributed by atoms with van der Waals surface area (Å²) in [6, 6.07) is 32.7. The third-order valence-electron chi connectivity index (χ3n) is 5.50. The van der Waals surface area contributed by atoms with Gasteiger partial charge in [0.15, 0.2) is 0 Å². The molecule has 0 bridgehead atoms. The van der Waals surface area contributed by atoms with Crippen molar-refractivity contribution in [3.63, 3.8) is 0 Å². The van der Waals surface area contributed by atoms with Crippen LogP contribution in [0.4, 0.5) is 0 Å². The minimum Gasteiger partial charge on any atom is -0.309 e. The maximum atomic E-state index is 2.42. The van der Waals surface area contributed by atoms with Crippen molar-refractivity contribution in [2.45, 2.75) is 13.8 Å². The number of aryl methyl sites for hydroxylation is 2. The third kappa shape index (κ3) is 2.47. The predicted octanol–water partition coefficient (Wildman–Crippen LogP) is 7.07. The Balaban J connectivity index is 2.01. The molecule has 0 atom stereocenters. The summed E-state index contributed by atoms with van der Waals surface area (Å²) in [6.45, 7) is 4.39. The van der Waals surface area contributed by atoms with E-state index < -0.39 is 0 Å². The van der Waals surface area contributed by atoms with Gasteiger partial charge in [-0.15, -0.1) is 0 Å². The zero-order chi connectivity index (χ0) is 18.4. The van der Waals surface area contributed by atoms with Gasteiger partial charge >= 0.3 is 0 Å². The van der Waals surface area contributed by atoms with Gasteiger partial charge in [-0.3, -0.25) is 0 Å². The van der Waals surface area contributed by atoms with Gasteiger partial charge in [-0.2, -0.15) is 0 Å². The Bertz CT molecular complexity index is 1260. The van der Waals surface area contributed by atoms with Crippen molar-refractivity contribution >= 4 is 21.8 Å². The van der Waals surface area contributed by atoms with Crippen LogP contribution in [0.5, 0.6) is 0 Å². The van der Waals surface area contributed by atoms with Gasteiger partial charge in [-0.25, -0.2) is 0 Å². The molecule has 1 aromatic heterocycles. The fraction of sp³-hybridized carbons (Fsp3) is 0.0769. The minimum absolute atomic E-state index is 1.20. The van der Waals surface area contributed by atoms with Crippen LogP contribution in [-0.4, -0.2) is 4.57 Å². The summed E-state index contributed by atoms with van der Waals surface area (Å²) in [5.41, 5.74) is 8.91. The second kappa shape index (κ2) is 6.14. The molecule has 5 aromatic rings. The van der Waals surface area contributed by atoms with Crippen LogP contribution in [0.2, 0.25) is 0 Å². The summed E-state index contributed by atoms with van der Waals surface area (Å²) in [7, 11) is 0. The molecule has 130 valence electrons. The maximum absolute atomic E-state index is 2.42. The number of fused-ring (bicyclic) bond motifs is 3. The maximum Gasteiger partial charge on any atom is 0.0619 e.